The molecule has 0 saturated carbocycles. The lowest BCUT2D eigenvalue weighted by Gasteiger charge is -2.18. The molecule has 0 aliphatic carbocycles. The lowest BCUT2D eigenvalue weighted by atomic mass is 10.1. The Morgan fingerprint density at radius 1 is 1.38 bits per heavy atom. The fourth-order valence-corrected chi connectivity index (χ4v) is 2.79. The monoisotopic (exact) mass is 366 g/mol. The second kappa shape index (κ2) is 7.16. The molecule has 1 fully saturated rings. The van der Waals surface area contributed by atoms with E-state index in [4.69, 9.17) is 9.47 Å². The van der Waals surface area contributed by atoms with Gasteiger partial charge < -0.3 is 29.4 Å². The van der Waals surface area contributed by atoms with Gasteiger partial charge >= 0.3 is 0 Å². The number of carbonyl (C=O) groups excluding carboxylic acids is 1. The number of methoxy groups -OCH3 is 1. The van der Waals surface area contributed by atoms with E-state index in [9.17, 15) is 20.1 Å². The molecule has 0 unspecified atom stereocenters. The third-order valence-electron chi connectivity index (χ3n) is 4.28. The number of anilines is 1. The molecule has 1 aliphatic heterocycles. The van der Waals surface area contributed by atoms with Gasteiger partial charge in [0.05, 0.1) is 19.1 Å². The van der Waals surface area contributed by atoms with Crippen molar-refractivity contribution in [3.8, 4) is 5.88 Å². The Balaban J connectivity index is 2.03. The molecule has 10 heteroatoms. The van der Waals surface area contributed by atoms with Gasteiger partial charge in [0.1, 0.15) is 18.3 Å². The Labute approximate surface area is 149 Å². The average molecular weight is 366 g/mol. The summed E-state index contributed by atoms with van der Waals surface area (Å²) in [5.41, 5.74) is 0.353. The first-order valence-corrected chi connectivity index (χ1v) is 8.23. The zero-order valence-corrected chi connectivity index (χ0v) is 14.7. The first kappa shape index (κ1) is 18.5. The number of nitrogens with zero attached hydrogens (tertiary/aromatic N) is 3. The minimum absolute atomic E-state index is 0.0553. The number of carbonyl (C=O) groups is 1. The maximum Gasteiger partial charge on any atom is 0.234 e. The van der Waals surface area contributed by atoms with Crippen molar-refractivity contribution in [2.45, 2.75) is 38.4 Å². The molecule has 10 nitrogen and oxygen atoms in total. The highest BCUT2D eigenvalue weighted by molar-refractivity contribution is 5.92. The van der Waals surface area contributed by atoms with E-state index in [2.05, 4.69) is 15.3 Å². The number of rotatable bonds is 5. The number of ether oxygens (including phenoxy) is 2. The third kappa shape index (κ3) is 3.12. The summed E-state index contributed by atoms with van der Waals surface area (Å²) in [5.74, 6) is -0.204. The number of amides is 1. The van der Waals surface area contributed by atoms with Gasteiger partial charge in [0.2, 0.25) is 17.7 Å². The summed E-state index contributed by atoms with van der Waals surface area (Å²) >= 11 is 0. The molecule has 2 aromatic heterocycles. The zero-order chi connectivity index (χ0) is 19.0. The van der Waals surface area contributed by atoms with Crippen LogP contribution < -0.4 is 10.1 Å². The van der Waals surface area contributed by atoms with E-state index in [-0.39, 0.29) is 23.7 Å². The second-order valence-electron chi connectivity index (χ2n) is 6.39. The van der Waals surface area contributed by atoms with Crippen molar-refractivity contribution in [1.29, 1.82) is 0 Å². The van der Waals surface area contributed by atoms with Gasteiger partial charge in [-0.05, 0) is 6.07 Å². The lowest BCUT2D eigenvalue weighted by Crippen LogP contribution is -2.33. The van der Waals surface area contributed by atoms with Crippen LogP contribution in [-0.2, 0) is 9.53 Å². The summed E-state index contributed by atoms with van der Waals surface area (Å²) in [6.45, 7) is 3.06. The number of aromatic nitrogens is 3. The smallest absolute Gasteiger partial charge is 0.234 e. The van der Waals surface area contributed by atoms with Crippen molar-refractivity contribution in [2.24, 2.45) is 5.92 Å². The SMILES string of the molecule is COc1nc(NC(=O)C(C)C)nc2c1ccn2[C@@H]1O[C@H](CO)[C@@H](O)[C@H]1O. The molecule has 0 aromatic carbocycles. The van der Waals surface area contributed by atoms with E-state index < -0.39 is 31.1 Å². The number of hydrogen-bond acceptors (Lipinski definition) is 8. The summed E-state index contributed by atoms with van der Waals surface area (Å²) in [4.78, 5) is 20.4. The van der Waals surface area contributed by atoms with Crippen molar-refractivity contribution in [2.75, 3.05) is 19.0 Å². The van der Waals surface area contributed by atoms with E-state index in [0.29, 0.717) is 11.0 Å². The van der Waals surface area contributed by atoms with Crippen LogP contribution in [0, 0.1) is 5.92 Å². The van der Waals surface area contributed by atoms with Crippen LogP contribution in [0.25, 0.3) is 11.0 Å². The summed E-state index contributed by atoms with van der Waals surface area (Å²) in [7, 11) is 1.44. The number of aliphatic hydroxyl groups is 3. The summed E-state index contributed by atoms with van der Waals surface area (Å²) in [6.07, 6.45) is -2.73. The molecule has 1 aliphatic rings. The van der Waals surface area contributed by atoms with Gasteiger partial charge in [-0.15, -0.1) is 0 Å². The standard InChI is InChI=1S/C16H22N4O6/c1-7(2)13(24)18-16-17-12-8(14(19-16)25-3)4-5-20(12)15-11(23)10(22)9(6-21)26-15/h4-5,7,9-11,15,21-23H,6H2,1-3H3,(H,17,18,19,24)/t9-,10-,11-,15-/m1/s1. The van der Waals surface area contributed by atoms with Gasteiger partial charge in [0.15, 0.2) is 11.9 Å². The van der Waals surface area contributed by atoms with Crippen LogP contribution >= 0.6 is 0 Å². The molecule has 1 saturated heterocycles. The summed E-state index contributed by atoms with van der Waals surface area (Å²) < 4.78 is 12.3. The van der Waals surface area contributed by atoms with Crippen molar-refractivity contribution in [3.05, 3.63) is 12.3 Å². The lowest BCUT2D eigenvalue weighted by molar-refractivity contribution is -0.118. The Hall–Kier alpha value is -2.27. The molecular weight excluding hydrogens is 344 g/mol. The molecule has 26 heavy (non-hydrogen) atoms. The first-order valence-electron chi connectivity index (χ1n) is 8.23. The quantitative estimate of drug-likeness (QED) is 0.563. The van der Waals surface area contributed by atoms with Crippen LogP contribution in [0.1, 0.15) is 20.1 Å². The van der Waals surface area contributed by atoms with Crippen LogP contribution in [0.4, 0.5) is 5.95 Å². The van der Waals surface area contributed by atoms with Crippen molar-refractivity contribution < 1.29 is 29.6 Å². The molecule has 3 rings (SSSR count). The van der Waals surface area contributed by atoms with E-state index in [1.54, 1.807) is 26.1 Å². The van der Waals surface area contributed by atoms with Crippen LogP contribution in [0.15, 0.2) is 12.3 Å². The zero-order valence-electron chi connectivity index (χ0n) is 14.7. The molecule has 1 amide bonds. The van der Waals surface area contributed by atoms with Gasteiger partial charge in [-0.3, -0.25) is 10.1 Å². The molecule has 2 aromatic rings. The van der Waals surface area contributed by atoms with Crippen molar-refractivity contribution >= 4 is 22.9 Å². The number of nitrogens with one attached hydrogen (secondary N) is 1. The Kier molecular flexibility index (Phi) is 5.10. The van der Waals surface area contributed by atoms with Gasteiger partial charge in [-0.2, -0.15) is 9.97 Å². The highest BCUT2D eigenvalue weighted by Gasteiger charge is 2.43. The highest BCUT2D eigenvalue weighted by Crippen LogP contribution is 2.34. The van der Waals surface area contributed by atoms with E-state index in [1.807, 2.05) is 0 Å². The van der Waals surface area contributed by atoms with Crippen LogP contribution in [0.2, 0.25) is 0 Å². The Bertz CT molecular complexity index is 807. The predicted octanol–water partition coefficient (Wildman–Crippen LogP) is -0.354. The number of fused-ring (bicyclic) bond motifs is 1. The second-order valence-corrected chi connectivity index (χ2v) is 6.39. The molecule has 142 valence electrons. The van der Waals surface area contributed by atoms with Crippen molar-refractivity contribution in [3.63, 3.8) is 0 Å². The topological polar surface area (TPSA) is 139 Å². The maximum atomic E-state index is 11.9. The number of aliphatic hydroxyl groups excluding tert-OH is 3. The molecule has 0 bridgehead atoms. The fraction of sp³-hybridized carbons (Fsp3) is 0.562. The van der Waals surface area contributed by atoms with Crippen LogP contribution in [0.3, 0.4) is 0 Å². The number of hydrogen-bond donors (Lipinski definition) is 4. The van der Waals surface area contributed by atoms with Gasteiger partial charge in [0, 0.05) is 12.1 Å². The van der Waals surface area contributed by atoms with Gasteiger partial charge in [0.25, 0.3) is 0 Å². The first-order chi connectivity index (χ1) is 12.4. The largest absolute Gasteiger partial charge is 0.480 e. The molecular formula is C16H22N4O6. The minimum Gasteiger partial charge on any atom is -0.480 e. The van der Waals surface area contributed by atoms with E-state index >= 15 is 0 Å². The van der Waals surface area contributed by atoms with Crippen LogP contribution in [-0.4, -0.2) is 67.8 Å². The average Bonchev–Trinajstić information content (AvgIpc) is 3.15. The van der Waals surface area contributed by atoms with Gasteiger partial charge in [-0.1, -0.05) is 13.8 Å². The molecule has 4 N–H and O–H groups in total. The molecule has 4 atom stereocenters. The van der Waals surface area contributed by atoms with Crippen LogP contribution in [0.5, 0.6) is 5.88 Å². The Morgan fingerprint density at radius 2 is 2.12 bits per heavy atom. The van der Waals surface area contributed by atoms with E-state index in [1.165, 1.54) is 11.7 Å². The normalized spacial score (nSPS) is 25.8. The predicted molar refractivity (Wildman–Crippen MR) is 90.6 cm³/mol. The molecule has 3 heterocycles. The Morgan fingerprint density at radius 3 is 2.69 bits per heavy atom. The van der Waals surface area contributed by atoms with E-state index in [0.717, 1.165) is 0 Å². The molecule has 0 spiro atoms. The molecule has 0 radical (unpaired) electrons. The van der Waals surface area contributed by atoms with Gasteiger partial charge in [-0.25, -0.2) is 0 Å². The minimum atomic E-state index is -1.25. The fourth-order valence-electron chi connectivity index (χ4n) is 2.79. The van der Waals surface area contributed by atoms with Crippen molar-refractivity contribution in [1.82, 2.24) is 14.5 Å². The summed E-state index contributed by atoms with van der Waals surface area (Å²) in [5, 5.41) is 32.6. The third-order valence-corrected chi connectivity index (χ3v) is 4.28. The highest BCUT2D eigenvalue weighted by atomic mass is 16.6. The summed E-state index contributed by atoms with van der Waals surface area (Å²) in [6, 6.07) is 1.68. The maximum absolute atomic E-state index is 11.9.